The minimum Gasteiger partial charge on any atom is -0.329 e. The maximum Gasteiger partial charge on any atom is 0.0110 e. The van der Waals surface area contributed by atoms with Crippen LogP contribution in [0.4, 0.5) is 0 Å². The molecule has 0 spiro atoms. The van der Waals surface area contributed by atoms with E-state index in [-0.39, 0.29) is 0 Å². The van der Waals surface area contributed by atoms with E-state index < -0.39 is 0 Å². The predicted molar refractivity (Wildman–Crippen MR) is 124 cm³/mol. The van der Waals surface area contributed by atoms with E-state index in [1.165, 1.54) is 0 Å². The standard InChI is InChI=1S/C21H51N7/c1-6-23-9-10-25-12-15-28(14-11-24-7-2)19-18-27(13-8-22)17-16-26(5)20-21(3)4/h21,23-25H,6-20,22H2,1-5H3. The van der Waals surface area contributed by atoms with Crippen LogP contribution in [0.1, 0.15) is 27.7 Å². The Morgan fingerprint density at radius 2 is 1.18 bits per heavy atom. The van der Waals surface area contributed by atoms with Gasteiger partial charge in [0.15, 0.2) is 0 Å². The van der Waals surface area contributed by atoms with Crippen molar-refractivity contribution in [3.63, 3.8) is 0 Å². The molecule has 0 aromatic rings. The van der Waals surface area contributed by atoms with Gasteiger partial charge >= 0.3 is 0 Å². The fourth-order valence-electron chi connectivity index (χ4n) is 3.29. The third-order valence-corrected chi connectivity index (χ3v) is 4.84. The van der Waals surface area contributed by atoms with Gasteiger partial charge in [0, 0.05) is 85.1 Å². The van der Waals surface area contributed by atoms with Gasteiger partial charge in [-0.1, -0.05) is 27.7 Å². The molecule has 0 aromatic carbocycles. The summed E-state index contributed by atoms with van der Waals surface area (Å²) in [5, 5.41) is 10.4. The van der Waals surface area contributed by atoms with Crippen molar-refractivity contribution in [2.24, 2.45) is 11.7 Å². The van der Waals surface area contributed by atoms with Crippen molar-refractivity contribution in [2.45, 2.75) is 27.7 Å². The van der Waals surface area contributed by atoms with Crippen LogP contribution in [0.2, 0.25) is 0 Å². The van der Waals surface area contributed by atoms with Gasteiger partial charge in [-0.3, -0.25) is 9.80 Å². The highest BCUT2D eigenvalue weighted by atomic mass is 15.2. The Morgan fingerprint density at radius 1 is 0.679 bits per heavy atom. The molecule has 0 saturated carbocycles. The highest BCUT2D eigenvalue weighted by molar-refractivity contribution is 4.68. The van der Waals surface area contributed by atoms with E-state index in [9.17, 15) is 0 Å². The van der Waals surface area contributed by atoms with E-state index in [2.05, 4.69) is 65.4 Å². The second-order valence-electron chi connectivity index (χ2n) is 8.09. The first kappa shape index (κ1) is 27.7. The van der Waals surface area contributed by atoms with Crippen LogP contribution in [0.5, 0.6) is 0 Å². The molecule has 0 fully saturated rings. The number of rotatable bonds is 21. The molecule has 170 valence electrons. The van der Waals surface area contributed by atoms with E-state index in [1.807, 2.05) is 0 Å². The molecular formula is C21H51N7. The van der Waals surface area contributed by atoms with Gasteiger partial charge in [0.05, 0.1) is 0 Å². The molecule has 0 aromatic heterocycles. The number of nitrogens with zero attached hydrogens (tertiary/aromatic N) is 3. The third-order valence-electron chi connectivity index (χ3n) is 4.84. The van der Waals surface area contributed by atoms with Gasteiger partial charge in [0.2, 0.25) is 0 Å². The molecule has 0 rings (SSSR count). The Kier molecular flexibility index (Phi) is 19.8. The van der Waals surface area contributed by atoms with Gasteiger partial charge in [0.25, 0.3) is 0 Å². The molecule has 0 bridgehead atoms. The molecule has 0 aliphatic heterocycles. The van der Waals surface area contributed by atoms with Crippen molar-refractivity contribution >= 4 is 0 Å². The van der Waals surface area contributed by atoms with Crippen LogP contribution in [0.25, 0.3) is 0 Å². The summed E-state index contributed by atoms with van der Waals surface area (Å²) in [6, 6.07) is 0. The summed E-state index contributed by atoms with van der Waals surface area (Å²) in [7, 11) is 2.22. The molecular weight excluding hydrogens is 350 g/mol. The van der Waals surface area contributed by atoms with Crippen LogP contribution >= 0.6 is 0 Å². The van der Waals surface area contributed by atoms with Crippen molar-refractivity contribution in [3.8, 4) is 0 Å². The summed E-state index contributed by atoms with van der Waals surface area (Å²) < 4.78 is 0. The lowest BCUT2D eigenvalue weighted by molar-refractivity contribution is 0.183. The van der Waals surface area contributed by atoms with E-state index in [0.29, 0.717) is 0 Å². The summed E-state index contributed by atoms with van der Waals surface area (Å²) in [6.07, 6.45) is 0. The number of hydrogen-bond donors (Lipinski definition) is 4. The molecule has 0 unspecified atom stereocenters. The van der Waals surface area contributed by atoms with E-state index in [0.717, 1.165) is 104 Å². The Labute approximate surface area is 175 Å². The molecule has 7 heteroatoms. The average Bonchev–Trinajstić information content (AvgIpc) is 2.65. The molecule has 0 amide bonds. The van der Waals surface area contributed by atoms with Crippen LogP contribution in [0.15, 0.2) is 0 Å². The topological polar surface area (TPSA) is 71.8 Å². The van der Waals surface area contributed by atoms with Crippen LogP contribution < -0.4 is 21.7 Å². The Hall–Kier alpha value is -0.280. The van der Waals surface area contributed by atoms with Gasteiger partial charge in [-0.15, -0.1) is 0 Å². The molecule has 0 heterocycles. The van der Waals surface area contributed by atoms with Gasteiger partial charge in [-0.2, -0.15) is 0 Å². The largest absolute Gasteiger partial charge is 0.329 e. The normalized spacial score (nSPS) is 12.2. The Morgan fingerprint density at radius 3 is 1.75 bits per heavy atom. The van der Waals surface area contributed by atoms with Gasteiger partial charge in [-0.25, -0.2) is 0 Å². The molecule has 5 N–H and O–H groups in total. The summed E-state index contributed by atoms with van der Waals surface area (Å²) in [5.41, 5.74) is 5.86. The van der Waals surface area contributed by atoms with E-state index in [4.69, 9.17) is 5.73 Å². The zero-order valence-electron chi connectivity index (χ0n) is 19.6. The quantitative estimate of drug-likeness (QED) is 0.201. The molecule has 0 aliphatic carbocycles. The van der Waals surface area contributed by atoms with Crippen LogP contribution in [0, 0.1) is 5.92 Å². The van der Waals surface area contributed by atoms with Gasteiger partial charge in [-0.05, 0) is 26.1 Å². The second-order valence-corrected chi connectivity index (χ2v) is 8.09. The fraction of sp³-hybridized carbons (Fsp3) is 1.00. The van der Waals surface area contributed by atoms with Crippen molar-refractivity contribution in [1.82, 2.24) is 30.7 Å². The second kappa shape index (κ2) is 20.0. The highest BCUT2D eigenvalue weighted by Gasteiger charge is 2.10. The SMILES string of the molecule is CCNCCNCCN(CCNCC)CCN(CCN)CCN(C)CC(C)C. The number of nitrogens with two attached hydrogens (primary N) is 1. The van der Waals surface area contributed by atoms with Crippen LogP contribution in [-0.4, -0.2) is 120 Å². The molecule has 0 radical (unpaired) electrons. The molecule has 7 nitrogen and oxygen atoms in total. The van der Waals surface area contributed by atoms with Crippen LogP contribution in [-0.2, 0) is 0 Å². The number of hydrogen-bond acceptors (Lipinski definition) is 7. The predicted octanol–water partition coefficient (Wildman–Crippen LogP) is -0.0545. The number of likely N-dealkylation sites (N-methyl/N-ethyl adjacent to an activating group) is 3. The third kappa shape index (κ3) is 17.8. The van der Waals surface area contributed by atoms with Gasteiger partial charge in [0.1, 0.15) is 0 Å². The van der Waals surface area contributed by atoms with Crippen molar-refractivity contribution in [1.29, 1.82) is 0 Å². The van der Waals surface area contributed by atoms with E-state index >= 15 is 0 Å². The first-order chi connectivity index (χ1) is 13.5. The lowest BCUT2D eigenvalue weighted by Gasteiger charge is -2.29. The minimum atomic E-state index is 0.717. The summed E-state index contributed by atoms with van der Waals surface area (Å²) in [4.78, 5) is 7.53. The Balaban J connectivity index is 4.28. The molecule has 0 aliphatic rings. The average molecular weight is 402 g/mol. The molecule has 28 heavy (non-hydrogen) atoms. The van der Waals surface area contributed by atoms with Crippen molar-refractivity contribution in [3.05, 3.63) is 0 Å². The zero-order valence-corrected chi connectivity index (χ0v) is 19.6. The number of nitrogens with one attached hydrogen (secondary N) is 3. The first-order valence-electron chi connectivity index (χ1n) is 11.5. The molecule has 0 atom stereocenters. The first-order valence-corrected chi connectivity index (χ1v) is 11.5. The lowest BCUT2D eigenvalue weighted by atomic mass is 10.2. The molecule has 0 saturated heterocycles. The summed E-state index contributed by atoms with van der Waals surface area (Å²) >= 11 is 0. The lowest BCUT2D eigenvalue weighted by Crippen LogP contribution is -2.44. The van der Waals surface area contributed by atoms with Crippen LogP contribution in [0.3, 0.4) is 0 Å². The smallest absolute Gasteiger partial charge is 0.0110 e. The minimum absolute atomic E-state index is 0.717. The van der Waals surface area contributed by atoms with Gasteiger partial charge < -0.3 is 26.6 Å². The van der Waals surface area contributed by atoms with E-state index in [1.54, 1.807) is 0 Å². The maximum absolute atomic E-state index is 5.86. The zero-order chi connectivity index (χ0) is 21.0. The van der Waals surface area contributed by atoms with Crippen molar-refractivity contribution < 1.29 is 0 Å². The van der Waals surface area contributed by atoms with Crippen molar-refractivity contribution in [2.75, 3.05) is 105 Å². The monoisotopic (exact) mass is 401 g/mol. The highest BCUT2D eigenvalue weighted by Crippen LogP contribution is 1.98. The maximum atomic E-state index is 5.86. The summed E-state index contributed by atoms with van der Waals surface area (Å²) in [6.45, 7) is 24.6. The Bertz CT molecular complexity index is 315. The summed E-state index contributed by atoms with van der Waals surface area (Å²) in [5.74, 6) is 0.717. The fourth-order valence-corrected chi connectivity index (χ4v) is 3.29.